The molecule has 128 valence electrons. The highest BCUT2D eigenvalue weighted by Gasteiger charge is 2.37. The van der Waals surface area contributed by atoms with Gasteiger partial charge in [0.1, 0.15) is 28.9 Å². The molecule has 4 rings (SSSR count). The Balaban J connectivity index is 2.05. The first kappa shape index (κ1) is 15.7. The Morgan fingerprint density at radius 1 is 1.28 bits per heavy atom. The molecule has 3 heterocycles. The second-order valence-corrected chi connectivity index (χ2v) is 6.48. The van der Waals surface area contributed by atoms with Crippen molar-refractivity contribution in [1.29, 1.82) is 5.26 Å². The molecular weight excluding hydrogens is 316 g/mol. The van der Waals surface area contributed by atoms with E-state index in [4.69, 9.17) is 15.2 Å². The zero-order chi connectivity index (χ0) is 17.6. The summed E-state index contributed by atoms with van der Waals surface area (Å²) < 4.78 is 10.9. The number of nitrogens with zero attached hydrogens (tertiary/aromatic N) is 2. The number of benzene rings is 1. The second-order valence-electron chi connectivity index (χ2n) is 6.48. The van der Waals surface area contributed by atoms with Crippen LogP contribution in [0.5, 0.6) is 11.5 Å². The maximum Gasteiger partial charge on any atom is 0.142 e. The summed E-state index contributed by atoms with van der Waals surface area (Å²) in [6.45, 7) is 0. The highest BCUT2D eigenvalue weighted by atomic mass is 16.5. The number of hydrogen-bond donors (Lipinski definition) is 2. The minimum absolute atomic E-state index is 0.194. The SMILES string of the molecule is COc1ccc(OC)c(-c2c(C#N)c(N)nc3c2[C@@H]2CC[C@H](C3)N2)c1. The number of rotatable bonds is 3. The van der Waals surface area contributed by atoms with Gasteiger partial charge in [-0.2, -0.15) is 5.26 Å². The van der Waals surface area contributed by atoms with Gasteiger partial charge in [0.25, 0.3) is 0 Å². The molecule has 0 aliphatic carbocycles. The van der Waals surface area contributed by atoms with Crippen molar-refractivity contribution in [1.82, 2.24) is 10.3 Å². The summed E-state index contributed by atoms with van der Waals surface area (Å²) in [6.07, 6.45) is 2.98. The fourth-order valence-corrected chi connectivity index (χ4v) is 4.04. The van der Waals surface area contributed by atoms with E-state index in [1.165, 1.54) is 0 Å². The second kappa shape index (κ2) is 5.94. The third-order valence-electron chi connectivity index (χ3n) is 5.16. The van der Waals surface area contributed by atoms with Gasteiger partial charge in [-0.15, -0.1) is 0 Å². The lowest BCUT2D eigenvalue weighted by Gasteiger charge is -2.28. The molecule has 2 atom stereocenters. The molecule has 0 unspecified atom stereocenters. The molecule has 0 amide bonds. The fourth-order valence-electron chi connectivity index (χ4n) is 4.04. The lowest BCUT2D eigenvalue weighted by atomic mass is 9.87. The van der Waals surface area contributed by atoms with Gasteiger partial charge in [0.2, 0.25) is 0 Å². The molecule has 25 heavy (non-hydrogen) atoms. The first-order chi connectivity index (χ1) is 12.2. The first-order valence-electron chi connectivity index (χ1n) is 8.37. The summed E-state index contributed by atoms with van der Waals surface area (Å²) >= 11 is 0. The molecule has 3 N–H and O–H groups in total. The number of pyridine rings is 1. The predicted molar refractivity (Wildman–Crippen MR) is 94.5 cm³/mol. The topological polar surface area (TPSA) is 93.2 Å². The number of hydrogen-bond acceptors (Lipinski definition) is 6. The van der Waals surface area contributed by atoms with E-state index in [9.17, 15) is 5.26 Å². The summed E-state index contributed by atoms with van der Waals surface area (Å²) in [5.41, 5.74) is 10.2. The normalized spacial score (nSPS) is 20.7. The molecule has 2 bridgehead atoms. The van der Waals surface area contributed by atoms with Crippen molar-refractivity contribution in [3.8, 4) is 28.7 Å². The Morgan fingerprint density at radius 2 is 2.12 bits per heavy atom. The van der Waals surface area contributed by atoms with Gasteiger partial charge in [-0.05, 0) is 31.0 Å². The van der Waals surface area contributed by atoms with E-state index in [1.807, 2.05) is 18.2 Å². The van der Waals surface area contributed by atoms with E-state index in [-0.39, 0.29) is 11.9 Å². The van der Waals surface area contributed by atoms with Crippen LogP contribution in [0.4, 0.5) is 5.82 Å². The van der Waals surface area contributed by atoms with Crippen molar-refractivity contribution in [2.45, 2.75) is 31.3 Å². The van der Waals surface area contributed by atoms with Crippen LogP contribution < -0.4 is 20.5 Å². The summed E-state index contributed by atoms with van der Waals surface area (Å²) in [6, 6.07) is 8.48. The Bertz CT molecular complexity index is 888. The monoisotopic (exact) mass is 336 g/mol. The minimum Gasteiger partial charge on any atom is -0.497 e. The summed E-state index contributed by atoms with van der Waals surface area (Å²) in [7, 11) is 3.24. The zero-order valence-electron chi connectivity index (χ0n) is 14.3. The standard InChI is InChI=1S/C19H20N4O2/c1-24-11-4-6-16(25-2)12(8-11)17-13(9-20)19(21)23-15-7-10-3-5-14(22-10)18(15)17/h4,6,8,10,14,22H,3,5,7H2,1-2H3,(H2,21,23)/t10-,14+/m1/s1. The van der Waals surface area contributed by atoms with E-state index < -0.39 is 0 Å². The van der Waals surface area contributed by atoms with E-state index in [1.54, 1.807) is 14.2 Å². The Kier molecular flexibility index (Phi) is 3.74. The zero-order valence-corrected chi connectivity index (χ0v) is 14.3. The van der Waals surface area contributed by atoms with Crippen molar-refractivity contribution in [3.63, 3.8) is 0 Å². The van der Waals surface area contributed by atoms with Crippen LogP contribution in [-0.4, -0.2) is 25.2 Å². The van der Waals surface area contributed by atoms with Crippen LogP contribution in [0.1, 0.15) is 35.7 Å². The smallest absolute Gasteiger partial charge is 0.142 e. The van der Waals surface area contributed by atoms with Crippen molar-refractivity contribution in [2.75, 3.05) is 20.0 Å². The quantitative estimate of drug-likeness (QED) is 0.895. The molecule has 6 heteroatoms. The number of ether oxygens (including phenoxy) is 2. The minimum atomic E-state index is 0.194. The average molecular weight is 336 g/mol. The molecule has 1 saturated heterocycles. The van der Waals surface area contributed by atoms with Crippen molar-refractivity contribution in [2.24, 2.45) is 0 Å². The maximum absolute atomic E-state index is 9.76. The van der Waals surface area contributed by atoms with Crippen LogP contribution >= 0.6 is 0 Å². The maximum atomic E-state index is 9.76. The van der Waals surface area contributed by atoms with E-state index in [0.29, 0.717) is 23.1 Å². The molecule has 1 aromatic carbocycles. The van der Waals surface area contributed by atoms with Crippen LogP contribution in [0.2, 0.25) is 0 Å². The van der Waals surface area contributed by atoms with Gasteiger partial charge < -0.3 is 20.5 Å². The molecule has 2 aliphatic heterocycles. The average Bonchev–Trinajstić information content (AvgIpc) is 3.01. The Labute approximate surface area is 146 Å². The molecular formula is C19H20N4O2. The van der Waals surface area contributed by atoms with Gasteiger partial charge >= 0.3 is 0 Å². The molecule has 0 saturated carbocycles. The summed E-state index contributed by atoms with van der Waals surface area (Å²) in [5, 5.41) is 13.4. The molecule has 6 nitrogen and oxygen atoms in total. The van der Waals surface area contributed by atoms with Crippen LogP contribution in [0.15, 0.2) is 18.2 Å². The highest BCUT2D eigenvalue weighted by molar-refractivity contribution is 5.84. The van der Waals surface area contributed by atoms with Gasteiger partial charge in [-0.3, -0.25) is 0 Å². The van der Waals surface area contributed by atoms with E-state index in [0.717, 1.165) is 41.6 Å². The number of nitrogens with two attached hydrogens (primary N) is 1. The van der Waals surface area contributed by atoms with Crippen molar-refractivity contribution in [3.05, 3.63) is 35.0 Å². The van der Waals surface area contributed by atoms with Crippen molar-refractivity contribution < 1.29 is 9.47 Å². The number of methoxy groups -OCH3 is 2. The van der Waals surface area contributed by atoms with Crippen LogP contribution in [0.3, 0.4) is 0 Å². The Morgan fingerprint density at radius 3 is 2.84 bits per heavy atom. The van der Waals surface area contributed by atoms with Gasteiger partial charge in [-0.25, -0.2) is 4.98 Å². The largest absolute Gasteiger partial charge is 0.497 e. The van der Waals surface area contributed by atoms with Crippen LogP contribution in [0.25, 0.3) is 11.1 Å². The number of fused-ring (bicyclic) bond motifs is 4. The predicted octanol–water partition coefficient (Wildman–Crippen LogP) is 2.57. The molecule has 2 aliphatic rings. The lowest BCUT2D eigenvalue weighted by Crippen LogP contribution is -2.33. The number of aromatic nitrogens is 1. The van der Waals surface area contributed by atoms with Crippen LogP contribution in [-0.2, 0) is 6.42 Å². The van der Waals surface area contributed by atoms with Crippen molar-refractivity contribution >= 4 is 5.82 Å². The summed E-state index contributed by atoms with van der Waals surface area (Å²) in [4.78, 5) is 4.55. The summed E-state index contributed by atoms with van der Waals surface area (Å²) in [5.74, 6) is 1.67. The van der Waals surface area contributed by atoms with Gasteiger partial charge in [-0.1, -0.05) is 0 Å². The number of anilines is 1. The third-order valence-corrected chi connectivity index (χ3v) is 5.16. The molecule has 0 spiro atoms. The van der Waals surface area contributed by atoms with Gasteiger partial charge in [0.05, 0.1) is 14.2 Å². The number of nitrogen functional groups attached to an aromatic ring is 1. The molecule has 2 aromatic rings. The van der Waals surface area contributed by atoms with E-state index in [2.05, 4.69) is 16.4 Å². The van der Waals surface area contributed by atoms with Gasteiger partial charge in [0.15, 0.2) is 0 Å². The lowest BCUT2D eigenvalue weighted by molar-refractivity contribution is 0.404. The Hall–Kier alpha value is -2.78. The number of nitrogens with one attached hydrogen (secondary N) is 1. The fraction of sp³-hybridized carbons (Fsp3) is 0.368. The molecule has 1 fully saturated rings. The van der Waals surface area contributed by atoms with Gasteiger partial charge in [0, 0.05) is 40.9 Å². The third kappa shape index (κ3) is 2.39. The highest BCUT2D eigenvalue weighted by Crippen LogP contribution is 2.46. The first-order valence-corrected chi connectivity index (χ1v) is 8.37. The molecule has 1 aromatic heterocycles. The molecule has 0 radical (unpaired) electrons. The van der Waals surface area contributed by atoms with E-state index >= 15 is 0 Å². The van der Waals surface area contributed by atoms with Crippen LogP contribution in [0, 0.1) is 11.3 Å². The number of nitriles is 1.